The van der Waals surface area contributed by atoms with E-state index in [-0.39, 0.29) is 11.5 Å². The highest BCUT2D eigenvalue weighted by Crippen LogP contribution is 2.40. The Labute approximate surface area is 92.2 Å². The molecule has 82 valence electrons. The molecule has 0 unspecified atom stereocenters. The molecule has 1 aromatic heterocycles. The van der Waals surface area contributed by atoms with Crippen LogP contribution in [0.15, 0.2) is 28.9 Å². The number of nitrogens with zero attached hydrogens (tertiary/aromatic N) is 1. The molecule has 0 radical (unpaired) electrons. The number of aromatic nitrogens is 1. The molecule has 0 atom stereocenters. The van der Waals surface area contributed by atoms with Gasteiger partial charge in [-0.15, -0.1) is 0 Å². The lowest BCUT2D eigenvalue weighted by Gasteiger charge is -1.99. The lowest BCUT2D eigenvalue weighted by molar-refractivity contribution is 0.404. The smallest absolute Gasteiger partial charge is 0.197 e. The van der Waals surface area contributed by atoms with Gasteiger partial charge in [-0.25, -0.2) is 4.98 Å². The molecular weight excluding hydrogens is 206 g/mol. The van der Waals surface area contributed by atoms with E-state index in [1.54, 1.807) is 12.3 Å². The molecule has 0 spiro atoms. The monoisotopic (exact) mass is 217 g/mol. The predicted octanol–water partition coefficient (Wildman–Crippen LogP) is 2.63. The highest BCUT2D eigenvalue weighted by molar-refractivity contribution is 5.62. The molecule has 16 heavy (non-hydrogen) atoms. The average molecular weight is 217 g/mol. The van der Waals surface area contributed by atoms with Crippen LogP contribution in [0.5, 0.6) is 11.5 Å². The molecule has 0 saturated heterocycles. The minimum Gasteiger partial charge on any atom is -0.504 e. The predicted molar refractivity (Wildman–Crippen MR) is 57.2 cm³/mol. The number of oxazole rings is 1. The summed E-state index contributed by atoms with van der Waals surface area (Å²) in [5, 5.41) is 18.6. The second-order valence-electron chi connectivity index (χ2n) is 4.05. The van der Waals surface area contributed by atoms with Crippen molar-refractivity contribution in [1.29, 1.82) is 0 Å². The summed E-state index contributed by atoms with van der Waals surface area (Å²) in [4.78, 5) is 4.35. The highest BCUT2D eigenvalue weighted by Gasteiger charge is 2.28. The van der Waals surface area contributed by atoms with E-state index in [0.29, 0.717) is 11.6 Å². The van der Waals surface area contributed by atoms with E-state index in [1.165, 1.54) is 12.1 Å². The van der Waals surface area contributed by atoms with Crippen molar-refractivity contribution in [1.82, 2.24) is 4.98 Å². The van der Waals surface area contributed by atoms with Crippen LogP contribution in [0.4, 0.5) is 0 Å². The summed E-state index contributed by atoms with van der Waals surface area (Å²) in [6.45, 7) is 0. The quantitative estimate of drug-likeness (QED) is 0.759. The van der Waals surface area contributed by atoms with E-state index >= 15 is 0 Å². The second-order valence-corrected chi connectivity index (χ2v) is 4.05. The lowest BCUT2D eigenvalue weighted by Crippen LogP contribution is -1.81. The fraction of sp³-hybridized carbons (Fsp3) is 0.250. The van der Waals surface area contributed by atoms with Gasteiger partial charge in [-0.05, 0) is 31.0 Å². The van der Waals surface area contributed by atoms with Crippen molar-refractivity contribution < 1.29 is 14.6 Å². The Hall–Kier alpha value is -1.97. The molecule has 0 amide bonds. The zero-order chi connectivity index (χ0) is 11.1. The molecule has 1 aliphatic carbocycles. The van der Waals surface area contributed by atoms with E-state index in [4.69, 9.17) is 4.42 Å². The minimum atomic E-state index is -0.145. The first-order valence-corrected chi connectivity index (χ1v) is 5.22. The maximum atomic E-state index is 9.38. The topological polar surface area (TPSA) is 66.5 Å². The standard InChI is InChI=1S/C12H11NO3/c14-10-4-3-8(5-11(10)15)9-6-16-12(13-9)7-1-2-7/h3-7,14-15H,1-2H2. The molecule has 3 rings (SSSR count). The maximum absolute atomic E-state index is 9.38. The summed E-state index contributed by atoms with van der Waals surface area (Å²) in [5.74, 6) is 0.963. The number of phenols is 2. The van der Waals surface area contributed by atoms with Crippen LogP contribution in [-0.4, -0.2) is 15.2 Å². The highest BCUT2D eigenvalue weighted by atomic mass is 16.3. The molecule has 1 heterocycles. The summed E-state index contributed by atoms with van der Waals surface area (Å²) in [6.07, 6.45) is 3.86. The van der Waals surface area contributed by atoms with Crippen LogP contribution >= 0.6 is 0 Å². The number of rotatable bonds is 2. The third-order valence-corrected chi connectivity index (χ3v) is 2.72. The van der Waals surface area contributed by atoms with Gasteiger partial charge in [0.05, 0.1) is 0 Å². The lowest BCUT2D eigenvalue weighted by atomic mass is 10.1. The van der Waals surface area contributed by atoms with Gasteiger partial charge in [0.2, 0.25) is 0 Å². The number of phenolic OH excluding ortho intramolecular Hbond substituents is 2. The van der Waals surface area contributed by atoms with Crippen molar-refractivity contribution in [2.45, 2.75) is 18.8 Å². The molecule has 1 aromatic carbocycles. The van der Waals surface area contributed by atoms with E-state index in [2.05, 4.69) is 4.98 Å². The molecule has 2 N–H and O–H groups in total. The summed E-state index contributed by atoms with van der Waals surface area (Å²) >= 11 is 0. The van der Waals surface area contributed by atoms with Gasteiger partial charge in [0.25, 0.3) is 0 Å². The fourth-order valence-electron chi connectivity index (χ4n) is 1.62. The Bertz CT molecular complexity index is 529. The summed E-state index contributed by atoms with van der Waals surface area (Å²) in [7, 11) is 0. The number of benzene rings is 1. The van der Waals surface area contributed by atoms with E-state index in [9.17, 15) is 10.2 Å². The Morgan fingerprint density at radius 1 is 1.19 bits per heavy atom. The summed E-state index contributed by atoms with van der Waals surface area (Å²) in [5.41, 5.74) is 1.43. The van der Waals surface area contributed by atoms with E-state index in [0.717, 1.165) is 24.3 Å². The Morgan fingerprint density at radius 2 is 2.00 bits per heavy atom. The first kappa shape index (κ1) is 9.27. The summed E-state index contributed by atoms with van der Waals surface area (Å²) < 4.78 is 5.36. The molecule has 2 aromatic rings. The van der Waals surface area contributed by atoms with Crippen LogP contribution in [0.1, 0.15) is 24.7 Å². The Kier molecular flexibility index (Phi) is 1.89. The normalized spacial score (nSPS) is 15.2. The van der Waals surface area contributed by atoms with Gasteiger partial charge in [-0.1, -0.05) is 0 Å². The molecule has 1 aliphatic rings. The molecule has 4 heteroatoms. The molecule has 1 saturated carbocycles. The van der Waals surface area contributed by atoms with Crippen LogP contribution in [0, 0.1) is 0 Å². The number of aromatic hydroxyl groups is 2. The first-order chi connectivity index (χ1) is 7.74. The molecule has 0 aliphatic heterocycles. The molecular formula is C12H11NO3. The molecule has 0 bridgehead atoms. The van der Waals surface area contributed by atoms with Gasteiger partial charge in [0.1, 0.15) is 12.0 Å². The Morgan fingerprint density at radius 3 is 2.69 bits per heavy atom. The van der Waals surface area contributed by atoms with Crippen molar-refractivity contribution in [2.75, 3.05) is 0 Å². The minimum absolute atomic E-state index is 0.130. The Balaban J connectivity index is 1.97. The van der Waals surface area contributed by atoms with E-state index in [1.807, 2.05) is 0 Å². The van der Waals surface area contributed by atoms with Crippen molar-refractivity contribution in [3.05, 3.63) is 30.4 Å². The summed E-state index contributed by atoms with van der Waals surface area (Å²) in [6, 6.07) is 4.61. The number of hydrogen-bond acceptors (Lipinski definition) is 4. The average Bonchev–Trinajstić information content (AvgIpc) is 3.01. The van der Waals surface area contributed by atoms with Crippen LogP contribution in [-0.2, 0) is 0 Å². The number of hydrogen-bond donors (Lipinski definition) is 2. The second kappa shape index (κ2) is 3.27. The molecule has 4 nitrogen and oxygen atoms in total. The van der Waals surface area contributed by atoms with Gasteiger partial charge in [0, 0.05) is 11.5 Å². The van der Waals surface area contributed by atoms with Crippen LogP contribution in [0.25, 0.3) is 11.3 Å². The van der Waals surface area contributed by atoms with Gasteiger partial charge in [-0.2, -0.15) is 0 Å². The van der Waals surface area contributed by atoms with Gasteiger partial charge in [-0.3, -0.25) is 0 Å². The largest absolute Gasteiger partial charge is 0.504 e. The zero-order valence-corrected chi connectivity index (χ0v) is 8.55. The van der Waals surface area contributed by atoms with E-state index < -0.39 is 0 Å². The van der Waals surface area contributed by atoms with Crippen molar-refractivity contribution in [3.63, 3.8) is 0 Å². The van der Waals surface area contributed by atoms with Crippen LogP contribution in [0.3, 0.4) is 0 Å². The SMILES string of the molecule is Oc1ccc(-c2coc(C3CC3)n2)cc1O. The zero-order valence-electron chi connectivity index (χ0n) is 8.55. The van der Waals surface area contributed by atoms with Crippen molar-refractivity contribution in [2.24, 2.45) is 0 Å². The van der Waals surface area contributed by atoms with Crippen LogP contribution < -0.4 is 0 Å². The van der Waals surface area contributed by atoms with Crippen molar-refractivity contribution in [3.8, 4) is 22.8 Å². The van der Waals surface area contributed by atoms with Crippen molar-refractivity contribution >= 4 is 0 Å². The fourth-order valence-corrected chi connectivity index (χ4v) is 1.62. The third kappa shape index (κ3) is 1.52. The van der Waals surface area contributed by atoms with Gasteiger partial charge < -0.3 is 14.6 Å². The first-order valence-electron chi connectivity index (χ1n) is 5.22. The van der Waals surface area contributed by atoms with Crippen LogP contribution in [0.2, 0.25) is 0 Å². The van der Waals surface area contributed by atoms with Gasteiger partial charge in [0.15, 0.2) is 17.4 Å². The molecule has 1 fully saturated rings. The maximum Gasteiger partial charge on any atom is 0.197 e. The van der Waals surface area contributed by atoms with Gasteiger partial charge >= 0.3 is 0 Å². The third-order valence-electron chi connectivity index (χ3n) is 2.72.